The quantitative estimate of drug-likeness (QED) is 0.564. The summed E-state index contributed by atoms with van der Waals surface area (Å²) in [5, 5.41) is 0. The average Bonchev–Trinajstić information content (AvgIpc) is 2.79. The van der Waals surface area contributed by atoms with E-state index in [-0.39, 0.29) is 0 Å². The highest BCUT2D eigenvalue weighted by molar-refractivity contribution is 5.65. The lowest BCUT2D eigenvalue weighted by Gasteiger charge is -2.02. The van der Waals surface area contributed by atoms with Gasteiger partial charge in [0, 0.05) is 11.7 Å². The van der Waals surface area contributed by atoms with E-state index in [1.165, 1.54) is 22.6 Å². The third-order valence-corrected chi connectivity index (χ3v) is 3.26. The van der Waals surface area contributed by atoms with Crippen molar-refractivity contribution in [3.05, 3.63) is 48.4 Å². The van der Waals surface area contributed by atoms with Crippen molar-refractivity contribution in [3.8, 4) is 11.5 Å². The van der Waals surface area contributed by atoms with Gasteiger partial charge in [-0.1, -0.05) is 6.07 Å². The molecular formula is C14H16N3+. The lowest BCUT2D eigenvalue weighted by molar-refractivity contribution is -0.659. The summed E-state index contributed by atoms with van der Waals surface area (Å²) in [4.78, 5) is 0. The molecule has 0 saturated heterocycles. The Balaban J connectivity index is 2.41. The Kier molecular flexibility index (Phi) is 2.08. The molecule has 3 nitrogen and oxygen atoms in total. The smallest absolute Gasteiger partial charge is 0.305 e. The minimum Gasteiger partial charge on any atom is -0.310 e. The molecule has 0 bridgehead atoms. The number of aryl methyl sites for hydroxylation is 3. The van der Waals surface area contributed by atoms with Crippen LogP contribution in [0.2, 0.25) is 0 Å². The second kappa shape index (κ2) is 3.48. The number of aromatic nitrogens is 3. The van der Waals surface area contributed by atoms with Crippen LogP contribution in [-0.2, 0) is 14.1 Å². The number of fused-ring (bicyclic) bond motifs is 1. The van der Waals surface area contributed by atoms with Crippen LogP contribution in [0.15, 0.2) is 42.9 Å². The van der Waals surface area contributed by atoms with E-state index in [1.807, 2.05) is 0 Å². The Morgan fingerprint density at radius 1 is 1.18 bits per heavy atom. The maximum absolute atomic E-state index is 2.24. The highest BCUT2D eigenvalue weighted by atomic mass is 15.1. The van der Waals surface area contributed by atoms with Gasteiger partial charge in [-0.3, -0.25) is 0 Å². The molecule has 0 aliphatic carbocycles. The van der Waals surface area contributed by atoms with Gasteiger partial charge in [0.2, 0.25) is 0 Å². The minimum absolute atomic E-state index is 1.22. The van der Waals surface area contributed by atoms with Crippen molar-refractivity contribution < 1.29 is 4.57 Å². The number of imidazole rings is 1. The zero-order chi connectivity index (χ0) is 12.0. The number of hydrogen-bond donors (Lipinski definition) is 0. The van der Waals surface area contributed by atoms with Crippen LogP contribution in [0.1, 0.15) is 5.56 Å². The van der Waals surface area contributed by atoms with Crippen LogP contribution in [0, 0.1) is 6.92 Å². The van der Waals surface area contributed by atoms with Crippen molar-refractivity contribution >= 4 is 5.52 Å². The summed E-state index contributed by atoms with van der Waals surface area (Å²) in [5.74, 6) is 1.22. The van der Waals surface area contributed by atoms with E-state index in [0.717, 1.165) is 0 Å². The first-order valence-corrected chi connectivity index (χ1v) is 5.76. The predicted molar refractivity (Wildman–Crippen MR) is 67.7 cm³/mol. The first-order chi connectivity index (χ1) is 8.18. The summed E-state index contributed by atoms with van der Waals surface area (Å²) in [6.45, 7) is 2.16. The van der Waals surface area contributed by atoms with E-state index in [0.29, 0.717) is 0 Å². The monoisotopic (exact) mass is 226 g/mol. The molecule has 0 aliphatic rings. The van der Waals surface area contributed by atoms with Gasteiger partial charge in [0.1, 0.15) is 18.1 Å². The fourth-order valence-electron chi connectivity index (χ4n) is 2.47. The van der Waals surface area contributed by atoms with Crippen LogP contribution in [0.4, 0.5) is 0 Å². The second-order valence-electron chi connectivity index (χ2n) is 4.52. The van der Waals surface area contributed by atoms with E-state index in [2.05, 4.69) is 77.4 Å². The second-order valence-corrected chi connectivity index (χ2v) is 4.52. The largest absolute Gasteiger partial charge is 0.310 e. The summed E-state index contributed by atoms with van der Waals surface area (Å²) in [6.07, 6.45) is 6.28. The topological polar surface area (TPSA) is 13.2 Å². The van der Waals surface area contributed by atoms with Crippen LogP contribution < -0.4 is 4.57 Å². The lowest BCUT2D eigenvalue weighted by atomic mass is 10.2. The third kappa shape index (κ3) is 1.39. The molecule has 86 valence electrons. The molecule has 3 aromatic heterocycles. The standard InChI is InChI=1S/C14H16N3/c1-11-10-12-6-4-5-7-17(12)13(11)14-15(2)8-9-16(14)3/h4-10H,1-3H3/q+1. The maximum Gasteiger partial charge on any atom is 0.305 e. The molecule has 0 amide bonds. The van der Waals surface area contributed by atoms with E-state index in [4.69, 9.17) is 0 Å². The van der Waals surface area contributed by atoms with Gasteiger partial charge < -0.3 is 4.40 Å². The summed E-state index contributed by atoms with van der Waals surface area (Å²) in [5.41, 5.74) is 3.80. The van der Waals surface area contributed by atoms with Gasteiger partial charge in [0.15, 0.2) is 0 Å². The van der Waals surface area contributed by atoms with Crippen molar-refractivity contribution in [2.24, 2.45) is 14.1 Å². The summed E-state index contributed by atoms with van der Waals surface area (Å²) >= 11 is 0. The zero-order valence-electron chi connectivity index (χ0n) is 10.4. The Morgan fingerprint density at radius 2 is 2.00 bits per heavy atom. The molecular weight excluding hydrogens is 210 g/mol. The van der Waals surface area contributed by atoms with Gasteiger partial charge in [-0.2, -0.15) is 0 Å². The Morgan fingerprint density at radius 3 is 2.71 bits per heavy atom. The number of rotatable bonds is 1. The van der Waals surface area contributed by atoms with Crippen molar-refractivity contribution in [2.45, 2.75) is 6.92 Å². The number of pyridine rings is 1. The van der Waals surface area contributed by atoms with Gasteiger partial charge >= 0.3 is 5.82 Å². The Labute approximate surface area is 101 Å². The third-order valence-electron chi connectivity index (χ3n) is 3.26. The fourth-order valence-corrected chi connectivity index (χ4v) is 2.47. The van der Waals surface area contributed by atoms with E-state index in [1.54, 1.807) is 0 Å². The zero-order valence-corrected chi connectivity index (χ0v) is 10.4. The Hall–Kier alpha value is -2.03. The first kappa shape index (κ1) is 10.1. The van der Waals surface area contributed by atoms with Crippen LogP contribution >= 0.6 is 0 Å². The van der Waals surface area contributed by atoms with Crippen molar-refractivity contribution in [2.75, 3.05) is 0 Å². The fraction of sp³-hybridized carbons (Fsp3) is 0.214. The number of nitrogens with zero attached hydrogens (tertiary/aromatic N) is 3. The molecule has 0 aromatic carbocycles. The molecule has 0 fully saturated rings. The molecule has 17 heavy (non-hydrogen) atoms. The van der Waals surface area contributed by atoms with Crippen LogP contribution in [-0.4, -0.2) is 8.97 Å². The van der Waals surface area contributed by atoms with Crippen LogP contribution in [0.3, 0.4) is 0 Å². The van der Waals surface area contributed by atoms with E-state index in [9.17, 15) is 0 Å². The normalized spacial score (nSPS) is 11.2. The lowest BCUT2D eigenvalue weighted by Crippen LogP contribution is -2.29. The van der Waals surface area contributed by atoms with Crippen LogP contribution in [0.5, 0.6) is 0 Å². The van der Waals surface area contributed by atoms with Gasteiger partial charge in [0.25, 0.3) is 0 Å². The molecule has 3 rings (SSSR count). The highest BCUT2D eigenvalue weighted by Gasteiger charge is 2.20. The van der Waals surface area contributed by atoms with Gasteiger partial charge in [-0.05, 0) is 30.7 Å². The molecule has 0 saturated carbocycles. The molecule has 3 heterocycles. The molecule has 0 spiro atoms. The highest BCUT2D eigenvalue weighted by Crippen LogP contribution is 2.24. The van der Waals surface area contributed by atoms with E-state index >= 15 is 0 Å². The summed E-state index contributed by atoms with van der Waals surface area (Å²) < 4.78 is 6.55. The minimum atomic E-state index is 1.22. The SMILES string of the molecule is Cc1cc2ccccn2c1-c1n(C)cc[n+]1C. The van der Waals surface area contributed by atoms with Gasteiger partial charge in [0.05, 0.1) is 14.1 Å². The molecule has 0 radical (unpaired) electrons. The summed E-state index contributed by atoms with van der Waals surface area (Å²) in [7, 11) is 4.16. The Bertz CT molecular complexity index is 669. The molecule has 0 aliphatic heterocycles. The first-order valence-electron chi connectivity index (χ1n) is 5.76. The molecule has 0 N–H and O–H groups in total. The molecule has 0 unspecified atom stereocenters. The van der Waals surface area contributed by atoms with Crippen molar-refractivity contribution in [3.63, 3.8) is 0 Å². The van der Waals surface area contributed by atoms with Gasteiger partial charge in [-0.15, -0.1) is 0 Å². The van der Waals surface area contributed by atoms with Crippen molar-refractivity contribution in [1.82, 2.24) is 8.97 Å². The van der Waals surface area contributed by atoms with Gasteiger partial charge in [-0.25, -0.2) is 9.13 Å². The average molecular weight is 226 g/mol. The van der Waals surface area contributed by atoms with Crippen LogP contribution in [0.25, 0.3) is 17.0 Å². The molecule has 3 aromatic rings. The van der Waals surface area contributed by atoms with Crippen molar-refractivity contribution in [1.29, 1.82) is 0 Å². The van der Waals surface area contributed by atoms with E-state index < -0.39 is 0 Å². The maximum atomic E-state index is 2.24. The molecule has 3 heteroatoms. The molecule has 0 atom stereocenters. The number of hydrogen-bond acceptors (Lipinski definition) is 0. The predicted octanol–water partition coefficient (Wildman–Crippen LogP) is 2.08. The summed E-state index contributed by atoms with van der Waals surface area (Å²) in [6, 6.07) is 8.50.